The van der Waals surface area contributed by atoms with Crippen molar-refractivity contribution in [3.8, 4) is 5.88 Å². The van der Waals surface area contributed by atoms with Crippen LogP contribution in [0.2, 0.25) is 0 Å². The van der Waals surface area contributed by atoms with E-state index < -0.39 is 5.51 Å². The van der Waals surface area contributed by atoms with Crippen molar-refractivity contribution in [2.24, 2.45) is 0 Å². The Kier molecular flexibility index (Phi) is 5.57. The molecule has 0 bridgehead atoms. The van der Waals surface area contributed by atoms with Gasteiger partial charge in [0.15, 0.2) is 0 Å². The average molecular weight is 266 g/mol. The number of pyridine rings is 1. The number of hydrogen-bond donors (Lipinski definition) is 1. The maximum absolute atomic E-state index is 11.8. The van der Waals surface area contributed by atoms with Crippen molar-refractivity contribution in [2.75, 3.05) is 19.4 Å². The van der Waals surface area contributed by atoms with Gasteiger partial charge in [0.25, 0.3) is 0 Å². The van der Waals surface area contributed by atoms with Crippen molar-refractivity contribution >= 4 is 11.8 Å². The summed E-state index contributed by atoms with van der Waals surface area (Å²) in [6, 6.07) is 3.53. The van der Waals surface area contributed by atoms with E-state index in [0.717, 1.165) is 5.56 Å². The van der Waals surface area contributed by atoms with Gasteiger partial charge in [0.2, 0.25) is 5.88 Å². The molecular weight excluding hydrogens is 253 g/mol. The van der Waals surface area contributed by atoms with Gasteiger partial charge < -0.3 is 10.1 Å². The Morgan fingerprint density at radius 3 is 2.71 bits per heavy atom. The molecule has 0 aliphatic carbocycles. The number of hydrogen-bond acceptors (Lipinski definition) is 4. The first-order chi connectivity index (χ1) is 8.01. The highest BCUT2D eigenvalue weighted by Gasteiger charge is 2.27. The molecule has 1 aromatic rings. The molecule has 1 rings (SSSR count). The topological polar surface area (TPSA) is 34.1 Å². The quantitative estimate of drug-likeness (QED) is 0.802. The van der Waals surface area contributed by atoms with Crippen LogP contribution in [-0.2, 0) is 6.54 Å². The van der Waals surface area contributed by atoms with Gasteiger partial charge in [-0.25, -0.2) is 4.98 Å². The van der Waals surface area contributed by atoms with Crippen LogP contribution in [-0.4, -0.2) is 29.9 Å². The standard InChI is InChI=1S/C10H13F3N2OS/c1-16-9-3-2-8(7-15-9)6-14-4-5-17-10(11,12)13/h2-3,7,14H,4-6H2,1H3. The summed E-state index contributed by atoms with van der Waals surface area (Å²) >= 11 is -0.0233. The monoisotopic (exact) mass is 266 g/mol. The molecule has 0 aliphatic heterocycles. The lowest BCUT2D eigenvalue weighted by molar-refractivity contribution is -0.0327. The summed E-state index contributed by atoms with van der Waals surface area (Å²) in [5, 5.41) is 2.91. The van der Waals surface area contributed by atoms with Gasteiger partial charge in [0.05, 0.1) is 7.11 Å². The van der Waals surface area contributed by atoms with Crippen LogP contribution >= 0.6 is 11.8 Å². The van der Waals surface area contributed by atoms with E-state index in [0.29, 0.717) is 19.0 Å². The van der Waals surface area contributed by atoms with Gasteiger partial charge in [-0.1, -0.05) is 6.07 Å². The molecule has 0 aliphatic rings. The van der Waals surface area contributed by atoms with Crippen molar-refractivity contribution in [1.82, 2.24) is 10.3 Å². The highest BCUT2D eigenvalue weighted by atomic mass is 32.2. The lowest BCUT2D eigenvalue weighted by atomic mass is 10.3. The number of ether oxygens (including phenoxy) is 1. The number of nitrogens with one attached hydrogen (secondary N) is 1. The number of thioether (sulfide) groups is 1. The molecule has 0 aromatic carbocycles. The summed E-state index contributed by atoms with van der Waals surface area (Å²) in [6.45, 7) is 0.797. The molecule has 96 valence electrons. The van der Waals surface area contributed by atoms with Crippen molar-refractivity contribution in [3.63, 3.8) is 0 Å². The predicted molar refractivity (Wildman–Crippen MR) is 61.0 cm³/mol. The SMILES string of the molecule is COc1ccc(CNCCSC(F)(F)F)cn1. The van der Waals surface area contributed by atoms with Crippen molar-refractivity contribution in [1.29, 1.82) is 0 Å². The zero-order valence-electron chi connectivity index (χ0n) is 9.25. The molecule has 1 heterocycles. The summed E-state index contributed by atoms with van der Waals surface area (Å²) in [5.74, 6) is 0.522. The van der Waals surface area contributed by atoms with E-state index in [2.05, 4.69) is 10.3 Å². The molecule has 0 atom stereocenters. The van der Waals surface area contributed by atoms with E-state index in [9.17, 15) is 13.2 Å². The molecule has 17 heavy (non-hydrogen) atoms. The molecule has 0 fully saturated rings. The Balaban J connectivity index is 2.18. The zero-order chi connectivity index (χ0) is 12.7. The van der Waals surface area contributed by atoms with Crippen LogP contribution in [0.5, 0.6) is 5.88 Å². The fourth-order valence-corrected chi connectivity index (χ4v) is 1.59. The summed E-state index contributed by atoms with van der Waals surface area (Å²) < 4.78 is 40.3. The highest BCUT2D eigenvalue weighted by Crippen LogP contribution is 2.29. The van der Waals surface area contributed by atoms with Crippen LogP contribution in [0.1, 0.15) is 5.56 Å². The molecule has 0 saturated carbocycles. The number of aromatic nitrogens is 1. The Morgan fingerprint density at radius 2 is 2.18 bits per heavy atom. The van der Waals surface area contributed by atoms with Gasteiger partial charge >= 0.3 is 5.51 Å². The Bertz CT molecular complexity index is 329. The average Bonchev–Trinajstić information content (AvgIpc) is 2.28. The largest absolute Gasteiger partial charge is 0.481 e. The van der Waals surface area contributed by atoms with Crippen LogP contribution < -0.4 is 10.1 Å². The molecule has 0 radical (unpaired) electrons. The van der Waals surface area contributed by atoms with Crippen LogP contribution in [0.3, 0.4) is 0 Å². The second-order valence-electron chi connectivity index (χ2n) is 3.18. The van der Waals surface area contributed by atoms with E-state index in [1.165, 1.54) is 7.11 Å². The zero-order valence-corrected chi connectivity index (χ0v) is 10.1. The number of alkyl halides is 3. The number of halogens is 3. The maximum Gasteiger partial charge on any atom is 0.441 e. The molecule has 1 aromatic heterocycles. The number of rotatable bonds is 6. The lowest BCUT2D eigenvalue weighted by Crippen LogP contribution is -2.18. The third kappa shape index (κ3) is 6.38. The second kappa shape index (κ2) is 6.70. The van der Waals surface area contributed by atoms with Gasteiger partial charge in [-0.15, -0.1) is 0 Å². The Labute approximate surface area is 102 Å². The fraction of sp³-hybridized carbons (Fsp3) is 0.500. The minimum Gasteiger partial charge on any atom is -0.481 e. The lowest BCUT2D eigenvalue weighted by Gasteiger charge is -2.07. The van der Waals surface area contributed by atoms with Crippen LogP contribution in [0.4, 0.5) is 13.2 Å². The highest BCUT2D eigenvalue weighted by molar-refractivity contribution is 8.00. The van der Waals surface area contributed by atoms with Gasteiger partial charge in [-0.3, -0.25) is 0 Å². The summed E-state index contributed by atoms with van der Waals surface area (Å²) in [6.07, 6.45) is 1.63. The maximum atomic E-state index is 11.8. The van der Waals surface area contributed by atoms with Gasteiger partial charge in [-0.05, 0) is 17.3 Å². The van der Waals surface area contributed by atoms with Crippen molar-refractivity contribution in [2.45, 2.75) is 12.1 Å². The minimum absolute atomic E-state index is 0.00703. The van der Waals surface area contributed by atoms with E-state index in [1.54, 1.807) is 12.3 Å². The van der Waals surface area contributed by atoms with E-state index in [-0.39, 0.29) is 17.5 Å². The third-order valence-electron chi connectivity index (χ3n) is 1.88. The summed E-state index contributed by atoms with van der Waals surface area (Å²) in [7, 11) is 1.52. The fourth-order valence-electron chi connectivity index (χ4n) is 1.11. The Morgan fingerprint density at radius 1 is 1.41 bits per heavy atom. The van der Waals surface area contributed by atoms with E-state index in [4.69, 9.17) is 4.74 Å². The molecule has 0 amide bonds. The molecule has 0 unspecified atom stereocenters. The second-order valence-corrected chi connectivity index (χ2v) is 4.34. The third-order valence-corrected chi connectivity index (χ3v) is 2.62. The molecule has 3 nitrogen and oxygen atoms in total. The van der Waals surface area contributed by atoms with Crippen LogP contribution in [0.25, 0.3) is 0 Å². The van der Waals surface area contributed by atoms with E-state index >= 15 is 0 Å². The molecule has 0 saturated heterocycles. The van der Waals surface area contributed by atoms with Crippen LogP contribution in [0.15, 0.2) is 18.3 Å². The smallest absolute Gasteiger partial charge is 0.441 e. The Hall–Kier alpha value is -0.950. The van der Waals surface area contributed by atoms with Gasteiger partial charge in [0, 0.05) is 31.1 Å². The predicted octanol–water partition coefficient (Wildman–Crippen LogP) is 2.43. The first-order valence-electron chi connectivity index (χ1n) is 4.91. The molecular formula is C10H13F3N2OS. The van der Waals surface area contributed by atoms with Gasteiger partial charge in [-0.2, -0.15) is 13.2 Å². The van der Waals surface area contributed by atoms with Crippen LogP contribution in [0, 0.1) is 0 Å². The van der Waals surface area contributed by atoms with Crippen molar-refractivity contribution < 1.29 is 17.9 Å². The number of methoxy groups -OCH3 is 1. The molecule has 7 heteroatoms. The summed E-state index contributed by atoms with van der Waals surface area (Å²) in [4.78, 5) is 3.99. The molecule has 0 spiro atoms. The minimum atomic E-state index is -4.15. The first kappa shape index (κ1) is 14.1. The normalized spacial score (nSPS) is 11.5. The van der Waals surface area contributed by atoms with E-state index in [1.807, 2.05) is 6.07 Å². The first-order valence-corrected chi connectivity index (χ1v) is 5.90. The summed E-state index contributed by atoms with van der Waals surface area (Å²) in [5.41, 5.74) is -3.24. The van der Waals surface area contributed by atoms with Gasteiger partial charge in [0.1, 0.15) is 0 Å². The number of nitrogens with zero attached hydrogens (tertiary/aromatic N) is 1. The molecule has 1 N–H and O–H groups in total. The van der Waals surface area contributed by atoms with Crippen molar-refractivity contribution in [3.05, 3.63) is 23.9 Å².